The Kier molecular flexibility index (Phi) is 4.52. The number of benzene rings is 1. The molecule has 5 heteroatoms. The lowest BCUT2D eigenvalue weighted by atomic mass is 9.94. The highest BCUT2D eigenvalue weighted by Crippen LogP contribution is 2.37. The van der Waals surface area contributed by atoms with Crippen LogP contribution in [0.15, 0.2) is 24.3 Å². The fourth-order valence-corrected chi connectivity index (χ4v) is 2.77. The van der Waals surface area contributed by atoms with Crippen LogP contribution in [0.2, 0.25) is 0 Å². The Morgan fingerprint density at radius 3 is 2.76 bits per heavy atom. The molecule has 1 amide bonds. The normalized spacial score (nSPS) is 22.4. The van der Waals surface area contributed by atoms with Crippen LogP contribution >= 0.6 is 0 Å². The molecule has 0 bridgehead atoms. The van der Waals surface area contributed by atoms with E-state index in [1.165, 1.54) is 12.1 Å². The monoisotopic (exact) mass is 294 g/mol. The van der Waals surface area contributed by atoms with Crippen LogP contribution in [-0.2, 0) is 4.74 Å². The van der Waals surface area contributed by atoms with Crippen LogP contribution in [0.3, 0.4) is 0 Å². The number of nitrogens with zero attached hydrogens (tertiary/aromatic N) is 1. The zero-order valence-electron chi connectivity index (χ0n) is 12.8. The minimum absolute atomic E-state index is 0.124. The first-order chi connectivity index (χ1) is 9.81. The average molecular weight is 294 g/mol. The van der Waals surface area contributed by atoms with Crippen LogP contribution in [0.25, 0.3) is 0 Å². The predicted octanol–water partition coefficient (Wildman–Crippen LogP) is 3.08. The molecule has 2 rings (SSSR count). The van der Waals surface area contributed by atoms with Crippen LogP contribution in [0.5, 0.6) is 0 Å². The van der Waals surface area contributed by atoms with E-state index in [2.05, 4.69) is 0 Å². The smallest absolute Gasteiger partial charge is 0.410 e. The second kappa shape index (κ2) is 6.02. The summed E-state index contributed by atoms with van der Waals surface area (Å²) in [5.74, 6) is -0.182. The summed E-state index contributed by atoms with van der Waals surface area (Å²) in [6, 6.07) is 6.13. The van der Waals surface area contributed by atoms with Gasteiger partial charge in [-0.15, -0.1) is 0 Å². The molecule has 2 N–H and O–H groups in total. The van der Waals surface area contributed by atoms with Crippen molar-refractivity contribution in [3.05, 3.63) is 35.6 Å². The molecule has 116 valence electrons. The zero-order valence-corrected chi connectivity index (χ0v) is 12.8. The van der Waals surface area contributed by atoms with Gasteiger partial charge in [-0.2, -0.15) is 0 Å². The first-order valence-electron chi connectivity index (χ1n) is 7.27. The number of carbonyl (C=O) groups is 1. The molecule has 4 nitrogen and oxygen atoms in total. The van der Waals surface area contributed by atoms with Crippen LogP contribution in [0.1, 0.15) is 38.8 Å². The highest BCUT2D eigenvalue weighted by molar-refractivity contribution is 5.69. The molecule has 0 spiro atoms. The Bertz CT molecular complexity index is 513. The molecular formula is C16H23FN2O2. The molecule has 1 heterocycles. The minimum Gasteiger partial charge on any atom is -0.444 e. The number of halogens is 1. The molecule has 1 saturated heterocycles. The van der Waals surface area contributed by atoms with Crippen molar-refractivity contribution in [2.75, 3.05) is 13.1 Å². The summed E-state index contributed by atoms with van der Waals surface area (Å²) in [5.41, 5.74) is 6.04. The number of amides is 1. The van der Waals surface area contributed by atoms with Gasteiger partial charge in [0.2, 0.25) is 0 Å². The molecule has 1 aromatic rings. The van der Waals surface area contributed by atoms with E-state index in [9.17, 15) is 9.18 Å². The molecule has 1 aromatic carbocycles. The molecule has 1 fully saturated rings. The fourth-order valence-electron chi connectivity index (χ4n) is 2.77. The van der Waals surface area contributed by atoms with Crippen LogP contribution in [0.4, 0.5) is 9.18 Å². The number of likely N-dealkylation sites (tertiary alicyclic amines) is 1. The van der Waals surface area contributed by atoms with E-state index in [1.54, 1.807) is 11.0 Å². The molecular weight excluding hydrogens is 271 g/mol. The van der Waals surface area contributed by atoms with Crippen molar-refractivity contribution < 1.29 is 13.9 Å². The van der Waals surface area contributed by atoms with Crippen molar-refractivity contribution >= 4 is 6.09 Å². The van der Waals surface area contributed by atoms with Crippen molar-refractivity contribution in [3.8, 4) is 0 Å². The molecule has 0 aromatic heterocycles. The summed E-state index contributed by atoms with van der Waals surface area (Å²) in [7, 11) is 0. The Balaban J connectivity index is 2.26. The zero-order chi connectivity index (χ0) is 15.6. The molecule has 21 heavy (non-hydrogen) atoms. The van der Waals surface area contributed by atoms with Gasteiger partial charge in [0.1, 0.15) is 11.4 Å². The number of hydrogen-bond donors (Lipinski definition) is 1. The predicted molar refractivity (Wildman–Crippen MR) is 79.2 cm³/mol. The Morgan fingerprint density at radius 1 is 1.48 bits per heavy atom. The van der Waals surface area contributed by atoms with Gasteiger partial charge in [0, 0.05) is 6.54 Å². The third kappa shape index (κ3) is 3.73. The molecule has 1 aliphatic rings. The van der Waals surface area contributed by atoms with Crippen LogP contribution < -0.4 is 5.73 Å². The molecule has 0 aliphatic carbocycles. The summed E-state index contributed by atoms with van der Waals surface area (Å²) in [6.45, 7) is 6.54. The van der Waals surface area contributed by atoms with E-state index in [0.717, 1.165) is 12.0 Å². The summed E-state index contributed by atoms with van der Waals surface area (Å²) < 4.78 is 18.9. The molecule has 2 unspecified atom stereocenters. The largest absolute Gasteiger partial charge is 0.444 e. The standard InChI is InChI=1S/C16H23FN2O2/c1-16(2,3)21-15(20)19-8-7-12(10-18)14(19)11-5-4-6-13(17)9-11/h4-6,9,12,14H,7-8,10,18H2,1-3H3. The summed E-state index contributed by atoms with van der Waals surface area (Å²) in [4.78, 5) is 14.0. The molecule has 0 radical (unpaired) electrons. The SMILES string of the molecule is CC(C)(C)OC(=O)N1CCC(CN)C1c1cccc(F)c1. The third-order valence-corrected chi connectivity index (χ3v) is 3.64. The summed E-state index contributed by atoms with van der Waals surface area (Å²) in [5, 5.41) is 0. The lowest BCUT2D eigenvalue weighted by Crippen LogP contribution is -2.38. The van der Waals surface area contributed by atoms with Gasteiger partial charge in [-0.25, -0.2) is 9.18 Å². The second-order valence-corrected chi connectivity index (χ2v) is 6.46. The van der Waals surface area contributed by atoms with E-state index >= 15 is 0 Å². The first-order valence-corrected chi connectivity index (χ1v) is 7.27. The Morgan fingerprint density at radius 2 is 2.19 bits per heavy atom. The Hall–Kier alpha value is -1.62. The number of hydrogen-bond acceptors (Lipinski definition) is 3. The van der Waals surface area contributed by atoms with Crippen molar-refractivity contribution in [3.63, 3.8) is 0 Å². The van der Waals surface area contributed by atoms with E-state index in [0.29, 0.717) is 13.1 Å². The maximum absolute atomic E-state index is 13.5. The average Bonchev–Trinajstić information content (AvgIpc) is 2.80. The minimum atomic E-state index is -0.551. The van der Waals surface area contributed by atoms with E-state index in [1.807, 2.05) is 26.8 Å². The van der Waals surface area contributed by atoms with Gasteiger partial charge in [0.25, 0.3) is 0 Å². The second-order valence-electron chi connectivity index (χ2n) is 6.46. The van der Waals surface area contributed by atoms with Crippen LogP contribution in [-0.4, -0.2) is 29.7 Å². The highest BCUT2D eigenvalue weighted by atomic mass is 19.1. The van der Waals surface area contributed by atoms with Gasteiger partial charge in [-0.1, -0.05) is 12.1 Å². The first kappa shape index (κ1) is 15.8. The van der Waals surface area contributed by atoms with Crippen molar-refractivity contribution in [2.45, 2.75) is 38.8 Å². The lowest BCUT2D eigenvalue weighted by Gasteiger charge is -2.30. The third-order valence-electron chi connectivity index (χ3n) is 3.64. The Labute approximate surface area is 125 Å². The summed E-state index contributed by atoms with van der Waals surface area (Å²) in [6.07, 6.45) is 0.435. The number of carbonyl (C=O) groups excluding carboxylic acids is 1. The van der Waals surface area contributed by atoms with Gasteiger partial charge < -0.3 is 15.4 Å². The van der Waals surface area contributed by atoms with Crippen molar-refractivity contribution in [1.82, 2.24) is 4.90 Å². The van der Waals surface area contributed by atoms with Gasteiger partial charge in [-0.05, 0) is 57.4 Å². The van der Waals surface area contributed by atoms with Gasteiger partial charge >= 0.3 is 6.09 Å². The topological polar surface area (TPSA) is 55.6 Å². The molecule has 2 atom stereocenters. The van der Waals surface area contributed by atoms with Gasteiger partial charge in [0.05, 0.1) is 6.04 Å². The van der Waals surface area contributed by atoms with E-state index < -0.39 is 5.60 Å². The molecule has 0 saturated carbocycles. The van der Waals surface area contributed by atoms with Crippen LogP contribution in [0, 0.1) is 11.7 Å². The van der Waals surface area contributed by atoms with Crippen molar-refractivity contribution in [2.24, 2.45) is 11.7 Å². The quantitative estimate of drug-likeness (QED) is 0.912. The van der Waals surface area contributed by atoms with Gasteiger partial charge in [0.15, 0.2) is 0 Å². The number of ether oxygens (including phenoxy) is 1. The van der Waals surface area contributed by atoms with E-state index in [-0.39, 0.29) is 23.9 Å². The highest BCUT2D eigenvalue weighted by Gasteiger charge is 2.39. The number of rotatable bonds is 2. The lowest BCUT2D eigenvalue weighted by molar-refractivity contribution is 0.0206. The number of nitrogens with two attached hydrogens (primary N) is 1. The maximum atomic E-state index is 13.5. The van der Waals surface area contributed by atoms with E-state index in [4.69, 9.17) is 10.5 Å². The molecule has 1 aliphatic heterocycles. The summed E-state index contributed by atoms with van der Waals surface area (Å²) >= 11 is 0. The fraction of sp³-hybridized carbons (Fsp3) is 0.562. The maximum Gasteiger partial charge on any atom is 0.410 e. The van der Waals surface area contributed by atoms with Crippen molar-refractivity contribution in [1.29, 1.82) is 0 Å². The van der Waals surface area contributed by atoms with Gasteiger partial charge in [-0.3, -0.25) is 0 Å².